The first-order valence-electron chi connectivity index (χ1n) is 9.04. The van der Waals surface area contributed by atoms with Gasteiger partial charge in [0.1, 0.15) is 5.60 Å². The minimum absolute atomic E-state index is 0.0288. The number of nitrogens with zero attached hydrogens (tertiary/aromatic N) is 1. The minimum atomic E-state index is -0.493. The molecular formula is C20H30N2O3. The van der Waals surface area contributed by atoms with Crippen LogP contribution in [-0.4, -0.2) is 35.6 Å². The zero-order valence-electron chi connectivity index (χ0n) is 16.0. The van der Waals surface area contributed by atoms with E-state index in [4.69, 9.17) is 4.74 Å². The Morgan fingerprint density at radius 1 is 1.12 bits per heavy atom. The Labute approximate surface area is 150 Å². The molecule has 1 aromatic rings. The summed E-state index contributed by atoms with van der Waals surface area (Å²) in [5.74, 6) is 0.437. The highest BCUT2D eigenvalue weighted by molar-refractivity contribution is 5.92. The molecule has 5 heteroatoms. The van der Waals surface area contributed by atoms with Crippen molar-refractivity contribution in [1.82, 2.24) is 4.90 Å². The second kappa shape index (κ2) is 7.89. The van der Waals surface area contributed by atoms with Crippen molar-refractivity contribution in [3.8, 4) is 0 Å². The number of anilines is 1. The lowest BCUT2D eigenvalue weighted by molar-refractivity contribution is -0.121. The van der Waals surface area contributed by atoms with Crippen LogP contribution in [0.25, 0.3) is 0 Å². The number of likely N-dealkylation sites (tertiary alicyclic amines) is 1. The van der Waals surface area contributed by atoms with Crippen molar-refractivity contribution >= 4 is 17.7 Å². The van der Waals surface area contributed by atoms with E-state index in [0.29, 0.717) is 31.8 Å². The van der Waals surface area contributed by atoms with E-state index in [1.165, 1.54) is 5.56 Å². The van der Waals surface area contributed by atoms with Crippen molar-refractivity contribution in [2.24, 2.45) is 5.92 Å². The lowest BCUT2D eigenvalue weighted by Gasteiger charge is -2.32. The first-order valence-corrected chi connectivity index (χ1v) is 9.04. The summed E-state index contributed by atoms with van der Waals surface area (Å²) in [6.07, 6.45) is 1.03. The number of benzene rings is 1. The Morgan fingerprint density at radius 2 is 1.68 bits per heavy atom. The van der Waals surface area contributed by atoms with Gasteiger partial charge in [-0.1, -0.05) is 26.0 Å². The molecule has 0 atom stereocenters. The molecule has 1 aromatic carbocycles. The van der Waals surface area contributed by atoms with Gasteiger partial charge in [0, 0.05) is 24.7 Å². The SMILES string of the molecule is CC(C)c1ccc(NC(=O)C2CCN(C(=O)OC(C)(C)C)CC2)cc1. The second-order valence-corrected chi connectivity index (χ2v) is 8.01. The summed E-state index contributed by atoms with van der Waals surface area (Å²) in [4.78, 5) is 26.2. The number of amides is 2. The van der Waals surface area contributed by atoms with Gasteiger partial charge in [0.15, 0.2) is 0 Å². The van der Waals surface area contributed by atoms with Crippen LogP contribution in [-0.2, 0) is 9.53 Å². The first-order chi connectivity index (χ1) is 11.7. The maximum absolute atomic E-state index is 12.4. The molecule has 138 valence electrons. The molecule has 0 bridgehead atoms. The van der Waals surface area contributed by atoms with Crippen LogP contribution in [0.3, 0.4) is 0 Å². The average Bonchev–Trinajstić information content (AvgIpc) is 2.54. The highest BCUT2D eigenvalue weighted by Crippen LogP contribution is 2.22. The van der Waals surface area contributed by atoms with Crippen molar-refractivity contribution in [2.45, 2.75) is 59.0 Å². The molecule has 1 aliphatic rings. The van der Waals surface area contributed by atoms with Crippen LogP contribution in [0.4, 0.5) is 10.5 Å². The number of carbonyl (C=O) groups is 2. The Hall–Kier alpha value is -2.04. The molecule has 0 spiro atoms. The third-order valence-electron chi connectivity index (χ3n) is 4.36. The van der Waals surface area contributed by atoms with Gasteiger partial charge in [0.25, 0.3) is 0 Å². The highest BCUT2D eigenvalue weighted by atomic mass is 16.6. The molecule has 1 fully saturated rings. The van der Waals surface area contributed by atoms with Crippen LogP contribution < -0.4 is 5.32 Å². The first kappa shape index (κ1) is 19.3. The molecule has 0 unspecified atom stereocenters. The van der Waals surface area contributed by atoms with Gasteiger partial charge >= 0.3 is 6.09 Å². The fourth-order valence-electron chi connectivity index (χ4n) is 2.85. The van der Waals surface area contributed by atoms with E-state index >= 15 is 0 Å². The monoisotopic (exact) mass is 346 g/mol. The van der Waals surface area contributed by atoms with Crippen LogP contribution in [0.15, 0.2) is 24.3 Å². The largest absolute Gasteiger partial charge is 0.444 e. The maximum Gasteiger partial charge on any atom is 0.410 e. The van der Waals surface area contributed by atoms with Gasteiger partial charge < -0.3 is 15.0 Å². The van der Waals surface area contributed by atoms with E-state index in [1.54, 1.807) is 4.90 Å². The fourth-order valence-corrected chi connectivity index (χ4v) is 2.85. The Kier molecular flexibility index (Phi) is 6.09. The molecular weight excluding hydrogens is 316 g/mol. The standard InChI is InChI=1S/C20H30N2O3/c1-14(2)15-6-8-17(9-7-15)21-18(23)16-10-12-22(13-11-16)19(24)25-20(3,4)5/h6-9,14,16H,10-13H2,1-5H3,(H,21,23). The van der Waals surface area contributed by atoms with Crippen molar-refractivity contribution in [1.29, 1.82) is 0 Å². The smallest absolute Gasteiger partial charge is 0.410 e. The third kappa shape index (κ3) is 5.76. The van der Waals surface area contributed by atoms with E-state index < -0.39 is 5.60 Å². The summed E-state index contributed by atoms with van der Waals surface area (Å²) in [5.41, 5.74) is 1.58. The van der Waals surface area contributed by atoms with Crippen molar-refractivity contribution in [2.75, 3.05) is 18.4 Å². The quantitative estimate of drug-likeness (QED) is 0.883. The van der Waals surface area contributed by atoms with Crippen molar-refractivity contribution in [3.05, 3.63) is 29.8 Å². The molecule has 1 saturated heterocycles. The number of rotatable bonds is 3. The molecule has 0 saturated carbocycles. The Balaban J connectivity index is 1.84. The lowest BCUT2D eigenvalue weighted by atomic mass is 9.96. The topological polar surface area (TPSA) is 58.6 Å². The van der Waals surface area contributed by atoms with Gasteiger partial charge in [-0.3, -0.25) is 4.79 Å². The fraction of sp³-hybridized carbons (Fsp3) is 0.600. The molecule has 2 amide bonds. The molecule has 1 N–H and O–H groups in total. The number of piperidine rings is 1. The van der Waals surface area contributed by atoms with Gasteiger partial charge in [0.2, 0.25) is 5.91 Å². The maximum atomic E-state index is 12.4. The number of ether oxygens (including phenoxy) is 1. The summed E-state index contributed by atoms with van der Waals surface area (Å²) in [6.45, 7) is 11.0. The van der Waals surface area contributed by atoms with E-state index in [2.05, 4.69) is 19.2 Å². The summed E-state index contributed by atoms with van der Waals surface area (Å²) in [7, 11) is 0. The van der Waals surface area contributed by atoms with Crippen LogP contribution >= 0.6 is 0 Å². The molecule has 1 heterocycles. The van der Waals surface area contributed by atoms with Crippen LogP contribution in [0.2, 0.25) is 0 Å². The molecule has 25 heavy (non-hydrogen) atoms. The summed E-state index contributed by atoms with van der Waals surface area (Å²) in [5, 5.41) is 2.99. The van der Waals surface area contributed by atoms with E-state index in [0.717, 1.165) is 5.69 Å². The molecule has 0 radical (unpaired) electrons. The number of hydrogen-bond donors (Lipinski definition) is 1. The predicted molar refractivity (Wildman–Crippen MR) is 99.7 cm³/mol. The zero-order chi connectivity index (χ0) is 18.6. The second-order valence-electron chi connectivity index (χ2n) is 8.01. The van der Waals surface area contributed by atoms with E-state index in [1.807, 2.05) is 45.0 Å². The zero-order valence-corrected chi connectivity index (χ0v) is 16.0. The Bertz CT molecular complexity index is 594. The van der Waals surface area contributed by atoms with Gasteiger partial charge in [-0.2, -0.15) is 0 Å². The molecule has 2 rings (SSSR count). The number of nitrogens with one attached hydrogen (secondary N) is 1. The van der Waals surface area contributed by atoms with Gasteiger partial charge in [-0.05, 0) is 57.2 Å². The Morgan fingerprint density at radius 3 is 2.16 bits per heavy atom. The summed E-state index contributed by atoms with van der Waals surface area (Å²) >= 11 is 0. The van der Waals surface area contributed by atoms with Crippen molar-refractivity contribution < 1.29 is 14.3 Å². The molecule has 1 aliphatic heterocycles. The van der Waals surface area contributed by atoms with E-state index in [9.17, 15) is 9.59 Å². The average molecular weight is 346 g/mol. The van der Waals surface area contributed by atoms with Gasteiger partial charge in [-0.15, -0.1) is 0 Å². The van der Waals surface area contributed by atoms with E-state index in [-0.39, 0.29) is 17.9 Å². The van der Waals surface area contributed by atoms with Crippen molar-refractivity contribution in [3.63, 3.8) is 0 Å². The van der Waals surface area contributed by atoms with Crippen LogP contribution in [0.1, 0.15) is 58.9 Å². The third-order valence-corrected chi connectivity index (χ3v) is 4.36. The molecule has 0 aliphatic carbocycles. The lowest BCUT2D eigenvalue weighted by Crippen LogP contribution is -2.43. The summed E-state index contributed by atoms with van der Waals surface area (Å²) < 4.78 is 5.39. The molecule has 0 aromatic heterocycles. The highest BCUT2D eigenvalue weighted by Gasteiger charge is 2.29. The van der Waals surface area contributed by atoms with Gasteiger partial charge in [-0.25, -0.2) is 4.79 Å². The van der Waals surface area contributed by atoms with Gasteiger partial charge in [0.05, 0.1) is 0 Å². The number of carbonyl (C=O) groups excluding carboxylic acids is 2. The number of hydrogen-bond acceptors (Lipinski definition) is 3. The van der Waals surface area contributed by atoms with Crippen LogP contribution in [0, 0.1) is 5.92 Å². The van der Waals surface area contributed by atoms with Crippen LogP contribution in [0.5, 0.6) is 0 Å². The normalized spacial score (nSPS) is 16.0. The minimum Gasteiger partial charge on any atom is -0.444 e. The molecule has 5 nitrogen and oxygen atoms in total. The predicted octanol–water partition coefficient (Wildman–Crippen LogP) is 4.40. The summed E-state index contributed by atoms with van der Waals surface area (Å²) in [6, 6.07) is 7.99.